The van der Waals surface area contributed by atoms with Crippen LogP contribution in [0.1, 0.15) is 0 Å². The molecule has 3 aromatic rings. The zero-order valence-electron chi connectivity index (χ0n) is 15.8. The van der Waals surface area contributed by atoms with Gasteiger partial charge in [0.25, 0.3) is 0 Å². The van der Waals surface area contributed by atoms with E-state index in [9.17, 15) is 0 Å². The second-order valence-electron chi connectivity index (χ2n) is 6.12. The Labute approximate surface area is 174 Å². The van der Waals surface area contributed by atoms with Gasteiger partial charge in [-0.3, -0.25) is 0 Å². The Balaban J connectivity index is 1.91. The molecule has 0 aliphatic heterocycles. The van der Waals surface area contributed by atoms with Crippen LogP contribution in [0.25, 0.3) is 21.5 Å². The maximum atomic E-state index is 8.93. The van der Waals surface area contributed by atoms with Crippen LogP contribution in [0.15, 0.2) is 48.5 Å². The van der Waals surface area contributed by atoms with Crippen molar-refractivity contribution < 1.29 is 19.7 Å². The maximum Gasteiger partial charge on any atom is 0.135 e. The average molecular weight is 419 g/mol. The summed E-state index contributed by atoms with van der Waals surface area (Å²) in [6, 6.07) is 16.4. The van der Waals surface area contributed by atoms with E-state index in [-0.39, 0.29) is 13.2 Å². The summed E-state index contributed by atoms with van der Waals surface area (Å²) in [5, 5.41) is 22.0. The lowest BCUT2D eigenvalue weighted by molar-refractivity contribution is 0.321. The molecule has 150 valence electrons. The van der Waals surface area contributed by atoms with E-state index in [0.717, 1.165) is 56.1 Å². The van der Waals surface area contributed by atoms with Crippen LogP contribution in [-0.2, 0) is 0 Å². The van der Waals surface area contributed by atoms with Crippen molar-refractivity contribution >= 4 is 45.1 Å². The molecular formula is C22H26O4S2. The highest BCUT2D eigenvalue weighted by Gasteiger charge is 2.15. The molecule has 0 unspecified atom stereocenters. The number of hydrogen-bond acceptors (Lipinski definition) is 6. The van der Waals surface area contributed by atoms with Gasteiger partial charge in [-0.05, 0) is 0 Å². The first-order valence-electron chi connectivity index (χ1n) is 9.43. The lowest BCUT2D eigenvalue weighted by atomic mass is 10.0. The molecule has 0 atom stereocenters. The summed E-state index contributed by atoms with van der Waals surface area (Å²) in [5.74, 6) is 4.90. The molecule has 0 radical (unpaired) electrons. The molecule has 2 N–H and O–H groups in total. The Hall–Kier alpha value is -1.60. The van der Waals surface area contributed by atoms with Crippen molar-refractivity contribution in [3.63, 3.8) is 0 Å². The highest BCUT2D eigenvalue weighted by Crippen LogP contribution is 2.42. The van der Waals surface area contributed by atoms with Gasteiger partial charge in [-0.25, -0.2) is 0 Å². The standard InChI is InChI=1S/C22H26O4S2/c23-9-13-27-15-11-25-21-17-5-1-2-6-18(17)22(26-12-16-28-14-10-24)20-8-4-3-7-19(20)21/h1-8,23-24H,9-16H2. The van der Waals surface area contributed by atoms with Crippen molar-refractivity contribution in [1.82, 2.24) is 0 Å². The van der Waals surface area contributed by atoms with E-state index in [1.165, 1.54) is 0 Å². The molecule has 0 bridgehead atoms. The molecule has 0 saturated heterocycles. The summed E-state index contributed by atoms with van der Waals surface area (Å²) in [6.45, 7) is 1.58. The van der Waals surface area contributed by atoms with E-state index < -0.39 is 0 Å². The fourth-order valence-corrected chi connectivity index (χ4v) is 4.17. The molecule has 0 saturated carbocycles. The van der Waals surface area contributed by atoms with E-state index in [4.69, 9.17) is 19.7 Å². The van der Waals surface area contributed by atoms with E-state index in [1.807, 2.05) is 24.3 Å². The second-order valence-corrected chi connectivity index (χ2v) is 8.57. The van der Waals surface area contributed by atoms with Crippen LogP contribution in [0.4, 0.5) is 0 Å². The maximum absolute atomic E-state index is 8.93. The van der Waals surface area contributed by atoms with E-state index in [2.05, 4.69) is 24.3 Å². The third-order valence-corrected chi connectivity index (χ3v) is 6.11. The summed E-state index contributed by atoms with van der Waals surface area (Å²) in [4.78, 5) is 0. The Morgan fingerprint density at radius 3 is 1.25 bits per heavy atom. The number of fused-ring (bicyclic) bond motifs is 2. The van der Waals surface area contributed by atoms with Crippen molar-refractivity contribution in [2.45, 2.75) is 0 Å². The van der Waals surface area contributed by atoms with Gasteiger partial charge in [0, 0.05) is 44.6 Å². The van der Waals surface area contributed by atoms with Gasteiger partial charge < -0.3 is 19.7 Å². The summed E-state index contributed by atoms with van der Waals surface area (Å²) < 4.78 is 12.4. The van der Waals surface area contributed by atoms with Gasteiger partial charge in [0.2, 0.25) is 0 Å². The summed E-state index contributed by atoms with van der Waals surface area (Å²) in [6.07, 6.45) is 0. The minimum atomic E-state index is 0.194. The van der Waals surface area contributed by atoms with Gasteiger partial charge in [0.1, 0.15) is 11.5 Å². The molecule has 3 rings (SSSR count). The number of ether oxygens (including phenoxy) is 2. The largest absolute Gasteiger partial charge is 0.491 e. The number of rotatable bonds is 12. The third-order valence-electron chi connectivity index (χ3n) is 4.25. The Morgan fingerprint density at radius 1 is 0.571 bits per heavy atom. The zero-order valence-corrected chi connectivity index (χ0v) is 17.4. The van der Waals surface area contributed by atoms with Crippen LogP contribution < -0.4 is 9.47 Å². The van der Waals surface area contributed by atoms with Crippen molar-refractivity contribution in [2.24, 2.45) is 0 Å². The van der Waals surface area contributed by atoms with Crippen LogP contribution in [0.2, 0.25) is 0 Å². The number of benzene rings is 3. The molecule has 0 spiro atoms. The molecule has 4 nitrogen and oxygen atoms in total. The number of aliphatic hydroxyl groups is 2. The molecule has 0 amide bonds. The monoisotopic (exact) mass is 418 g/mol. The van der Waals surface area contributed by atoms with Gasteiger partial charge in [-0.15, -0.1) is 0 Å². The topological polar surface area (TPSA) is 58.9 Å². The molecule has 0 aliphatic carbocycles. The minimum absolute atomic E-state index is 0.194. The van der Waals surface area contributed by atoms with Crippen LogP contribution in [0, 0.1) is 0 Å². The quantitative estimate of drug-likeness (QED) is 0.340. The highest BCUT2D eigenvalue weighted by atomic mass is 32.2. The fraction of sp³-hybridized carbons (Fsp3) is 0.364. The summed E-state index contributed by atoms with van der Waals surface area (Å²) in [7, 11) is 0. The van der Waals surface area contributed by atoms with E-state index in [1.54, 1.807) is 23.5 Å². The van der Waals surface area contributed by atoms with Crippen molar-refractivity contribution in [3.8, 4) is 11.5 Å². The second kappa shape index (κ2) is 11.4. The molecular weight excluding hydrogens is 392 g/mol. The van der Waals surface area contributed by atoms with E-state index in [0.29, 0.717) is 13.2 Å². The fourth-order valence-electron chi connectivity index (χ4n) is 3.10. The molecule has 3 aromatic carbocycles. The number of hydrogen-bond donors (Lipinski definition) is 2. The molecule has 0 fully saturated rings. The first-order valence-corrected chi connectivity index (χ1v) is 11.7. The van der Waals surface area contributed by atoms with Gasteiger partial charge in [0.15, 0.2) is 0 Å². The van der Waals surface area contributed by atoms with Crippen molar-refractivity contribution in [2.75, 3.05) is 49.4 Å². The average Bonchev–Trinajstić information content (AvgIpc) is 2.74. The van der Waals surface area contributed by atoms with Crippen LogP contribution in [0.5, 0.6) is 11.5 Å². The smallest absolute Gasteiger partial charge is 0.135 e. The third kappa shape index (κ3) is 5.26. The van der Waals surface area contributed by atoms with Crippen LogP contribution in [0.3, 0.4) is 0 Å². The van der Waals surface area contributed by atoms with E-state index >= 15 is 0 Å². The normalized spacial score (nSPS) is 11.2. The Kier molecular flexibility index (Phi) is 8.61. The summed E-state index contributed by atoms with van der Waals surface area (Å²) in [5.41, 5.74) is 0. The van der Waals surface area contributed by atoms with Crippen molar-refractivity contribution in [3.05, 3.63) is 48.5 Å². The number of aliphatic hydroxyl groups excluding tert-OH is 2. The highest BCUT2D eigenvalue weighted by molar-refractivity contribution is 7.99. The lowest BCUT2D eigenvalue weighted by Gasteiger charge is -2.18. The Morgan fingerprint density at radius 2 is 0.929 bits per heavy atom. The molecule has 6 heteroatoms. The van der Waals surface area contributed by atoms with Crippen LogP contribution in [-0.4, -0.2) is 59.7 Å². The number of thioether (sulfide) groups is 2. The van der Waals surface area contributed by atoms with Gasteiger partial charge >= 0.3 is 0 Å². The zero-order chi connectivity index (χ0) is 19.6. The predicted molar refractivity (Wildman–Crippen MR) is 121 cm³/mol. The Bertz CT molecular complexity index is 756. The van der Waals surface area contributed by atoms with Crippen LogP contribution >= 0.6 is 23.5 Å². The van der Waals surface area contributed by atoms with Gasteiger partial charge in [-0.1, -0.05) is 48.5 Å². The first-order chi connectivity index (χ1) is 13.9. The van der Waals surface area contributed by atoms with Gasteiger partial charge in [0.05, 0.1) is 26.4 Å². The molecule has 28 heavy (non-hydrogen) atoms. The molecule has 0 heterocycles. The molecule has 0 aromatic heterocycles. The predicted octanol–water partition coefficient (Wildman–Crippen LogP) is 4.20. The SMILES string of the molecule is OCCSCCOc1c2ccccc2c(OCCSCCO)c2ccccc12. The first kappa shape index (κ1) is 21.1. The molecule has 0 aliphatic rings. The lowest BCUT2D eigenvalue weighted by Crippen LogP contribution is -2.05. The summed E-state index contributed by atoms with van der Waals surface area (Å²) >= 11 is 3.37. The van der Waals surface area contributed by atoms with Gasteiger partial charge in [-0.2, -0.15) is 23.5 Å². The minimum Gasteiger partial charge on any atom is -0.491 e. The van der Waals surface area contributed by atoms with Crippen molar-refractivity contribution in [1.29, 1.82) is 0 Å².